The summed E-state index contributed by atoms with van der Waals surface area (Å²) < 4.78 is 16.4. The Morgan fingerprint density at radius 2 is 1.48 bits per heavy atom. The Balaban J connectivity index is 1.36. The molecule has 4 rings (SSSR count). The lowest BCUT2D eigenvalue weighted by molar-refractivity contribution is -0.157. The van der Waals surface area contributed by atoms with E-state index in [1.807, 2.05) is 62.4 Å². The van der Waals surface area contributed by atoms with Gasteiger partial charge in [0, 0.05) is 12.3 Å². The number of furan rings is 1. The molecule has 11 heteroatoms. The molecule has 0 saturated carbocycles. The van der Waals surface area contributed by atoms with E-state index in [0.717, 1.165) is 22.3 Å². The fourth-order valence-electron chi connectivity index (χ4n) is 5.08. The average molecular weight is 605 g/mol. The predicted molar refractivity (Wildman–Crippen MR) is 163 cm³/mol. The molecular weight excluding hydrogens is 564 g/mol. The summed E-state index contributed by atoms with van der Waals surface area (Å²) in [4.78, 5) is 51.4. The highest BCUT2D eigenvalue weighted by Gasteiger charge is 2.31. The smallest absolute Gasteiger partial charge is 0.407 e. The fourth-order valence-corrected chi connectivity index (χ4v) is 5.08. The lowest BCUT2D eigenvalue weighted by Crippen LogP contribution is -2.57. The summed E-state index contributed by atoms with van der Waals surface area (Å²) in [7, 11) is 0. The molecule has 0 spiro atoms. The van der Waals surface area contributed by atoms with Gasteiger partial charge in [-0.05, 0) is 67.5 Å². The maximum Gasteiger partial charge on any atom is 0.407 e. The highest BCUT2D eigenvalue weighted by molar-refractivity contribution is 5.89. The summed E-state index contributed by atoms with van der Waals surface area (Å²) in [6, 6.07) is 16.4. The van der Waals surface area contributed by atoms with Gasteiger partial charge in [-0.2, -0.15) is 0 Å². The van der Waals surface area contributed by atoms with Crippen LogP contribution in [0.15, 0.2) is 71.3 Å². The molecule has 1 aromatic heterocycles. The maximum atomic E-state index is 13.1. The first-order valence-corrected chi connectivity index (χ1v) is 14.6. The number of ether oxygens (including phenoxy) is 2. The number of alkyl carbamates (subject to hydrolysis) is 1. The molecule has 3 aromatic rings. The van der Waals surface area contributed by atoms with Gasteiger partial charge in [-0.25, -0.2) is 19.8 Å². The van der Waals surface area contributed by atoms with E-state index in [1.54, 1.807) is 32.9 Å². The molecule has 11 nitrogen and oxygen atoms in total. The number of carbonyl (C=O) groups is 4. The molecule has 0 aliphatic heterocycles. The highest BCUT2D eigenvalue weighted by atomic mass is 16.6. The van der Waals surface area contributed by atoms with Crippen LogP contribution in [0.1, 0.15) is 63.8 Å². The number of benzene rings is 2. The van der Waals surface area contributed by atoms with Gasteiger partial charge >= 0.3 is 18.1 Å². The van der Waals surface area contributed by atoms with E-state index < -0.39 is 41.7 Å². The minimum Gasteiger partial charge on any atom is -0.469 e. The van der Waals surface area contributed by atoms with Gasteiger partial charge < -0.3 is 24.5 Å². The van der Waals surface area contributed by atoms with Gasteiger partial charge in [0.15, 0.2) is 0 Å². The third kappa shape index (κ3) is 8.62. The average Bonchev–Trinajstić information content (AvgIpc) is 3.59. The molecule has 1 heterocycles. The number of nitrogens with one attached hydrogen (secondary N) is 4. The van der Waals surface area contributed by atoms with E-state index in [9.17, 15) is 19.2 Å². The molecule has 0 radical (unpaired) electrons. The molecule has 0 saturated heterocycles. The topological polar surface area (TPSA) is 148 Å². The van der Waals surface area contributed by atoms with Crippen LogP contribution in [-0.2, 0) is 25.5 Å². The zero-order valence-electron chi connectivity index (χ0n) is 25.6. The molecule has 4 amide bonds. The summed E-state index contributed by atoms with van der Waals surface area (Å²) in [5.74, 6) is -0.931. The third-order valence-corrected chi connectivity index (χ3v) is 6.94. The van der Waals surface area contributed by atoms with Crippen LogP contribution in [0.25, 0.3) is 11.1 Å². The number of amides is 4. The van der Waals surface area contributed by atoms with Gasteiger partial charge in [0.25, 0.3) is 5.91 Å². The van der Waals surface area contributed by atoms with Gasteiger partial charge in [0.1, 0.15) is 30.1 Å². The quantitative estimate of drug-likeness (QED) is 0.192. The second kappa shape index (κ2) is 14.1. The second-order valence-electron chi connectivity index (χ2n) is 12.1. The van der Waals surface area contributed by atoms with Gasteiger partial charge in [-0.1, -0.05) is 62.4 Å². The van der Waals surface area contributed by atoms with E-state index >= 15 is 0 Å². The number of esters is 1. The van der Waals surface area contributed by atoms with Crippen molar-refractivity contribution in [3.8, 4) is 11.1 Å². The molecule has 1 aliphatic carbocycles. The molecule has 0 fully saturated rings. The van der Waals surface area contributed by atoms with Crippen molar-refractivity contribution in [2.24, 2.45) is 5.92 Å². The van der Waals surface area contributed by atoms with Crippen LogP contribution in [0.2, 0.25) is 0 Å². The van der Waals surface area contributed by atoms with Crippen molar-refractivity contribution in [3.05, 3.63) is 83.8 Å². The Morgan fingerprint density at radius 3 is 2.05 bits per heavy atom. The summed E-state index contributed by atoms with van der Waals surface area (Å²) in [5, 5.41) is 5.13. The summed E-state index contributed by atoms with van der Waals surface area (Å²) >= 11 is 0. The van der Waals surface area contributed by atoms with Crippen molar-refractivity contribution in [1.82, 2.24) is 21.5 Å². The molecule has 0 unspecified atom stereocenters. The van der Waals surface area contributed by atoms with Gasteiger partial charge in [0.2, 0.25) is 0 Å². The second-order valence-corrected chi connectivity index (χ2v) is 12.1. The van der Waals surface area contributed by atoms with Crippen LogP contribution >= 0.6 is 0 Å². The SMILES string of the molecule is CC(C)C[C@H](NC(=O)NNC(=O)[C@@H](Cc1ccco1)NC(=O)OCC1c2ccccc2-c2ccccc21)C(=O)OC(C)(C)C. The van der Waals surface area contributed by atoms with Crippen LogP contribution < -0.4 is 21.5 Å². The monoisotopic (exact) mass is 604 g/mol. The van der Waals surface area contributed by atoms with E-state index in [-0.39, 0.29) is 24.9 Å². The molecule has 0 bridgehead atoms. The van der Waals surface area contributed by atoms with Crippen LogP contribution in [0, 0.1) is 5.92 Å². The van der Waals surface area contributed by atoms with Gasteiger partial charge in [-0.15, -0.1) is 0 Å². The molecule has 2 atom stereocenters. The van der Waals surface area contributed by atoms with Crippen LogP contribution in [0.3, 0.4) is 0 Å². The number of rotatable bonds is 10. The number of hydrogen-bond acceptors (Lipinski definition) is 7. The maximum absolute atomic E-state index is 13.1. The standard InChI is InChI=1S/C33H40N4O7/c1-20(2)17-28(30(39)44-33(3,4)5)34-31(40)37-36-29(38)27(18-21-11-10-16-42-21)35-32(41)43-19-26-24-14-8-6-12-22(24)23-13-7-9-15-25(23)26/h6-16,20,26-28H,17-19H2,1-5H3,(H,35,41)(H,36,38)(H2,34,37,40)/t27-,28+/m1/s1. The first kappa shape index (κ1) is 32.1. The van der Waals surface area contributed by atoms with Crippen LogP contribution in [-0.4, -0.2) is 48.3 Å². The molecule has 44 heavy (non-hydrogen) atoms. The fraction of sp³-hybridized carbons (Fsp3) is 0.394. The summed E-state index contributed by atoms with van der Waals surface area (Å²) in [6.07, 6.45) is 0.987. The Bertz CT molecular complexity index is 1420. The van der Waals surface area contributed by atoms with Crippen molar-refractivity contribution >= 4 is 24.0 Å². The molecule has 2 aromatic carbocycles. The van der Waals surface area contributed by atoms with E-state index in [4.69, 9.17) is 13.9 Å². The van der Waals surface area contributed by atoms with Gasteiger partial charge in [-0.3, -0.25) is 10.2 Å². The molecule has 234 valence electrons. The summed E-state index contributed by atoms with van der Waals surface area (Å²) in [6.45, 7) is 9.10. The van der Waals surface area contributed by atoms with Crippen molar-refractivity contribution in [3.63, 3.8) is 0 Å². The van der Waals surface area contributed by atoms with E-state index in [2.05, 4.69) is 21.5 Å². The number of fused-ring (bicyclic) bond motifs is 3. The minimum atomic E-state index is -1.14. The Hall–Kier alpha value is -4.80. The van der Waals surface area contributed by atoms with E-state index in [0.29, 0.717) is 12.2 Å². The number of hydrogen-bond donors (Lipinski definition) is 4. The van der Waals surface area contributed by atoms with Gasteiger partial charge in [0.05, 0.1) is 6.26 Å². The van der Waals surface area contributed by atoms with Crippen LogP contribution in [0.5, 0.6) is 0 Å². The highest BCUT2D eigenvalue weighted by Crippen LogP contribution is 2.44. The zero-order valence-corrected chi connectivity index (χ0v) is 25.6. The first-order chi connectivity index (χ1) is 20.9. The lowest BCUT2D eigenvalue weighted by Gasteiger charge is -2.25. The Morgan fingerprint density at radius 1 is 0.841 bits per heavy atom. The largest absolute Gasteiger partial charge is 0.469 e. The minimum absolute atomic E-state index is 0.000209. The number of hydrazine groups is 1. The van der Waals surface area contributed by atoms with E-state index in [1.165, 1.54) is 6.26 Å². The Kier molecular flexibility index (Phi) is 10.3. The lowest BCUT2D eigenvalue weighted by atomic mass is 9.98. The molecule has 1 aliphatic rings. The summed E-state index contributed by atoms with van der Waals surface area (Å²) in [5.41, 5.74) is 8.14. The van der Waals surface area contributed by atoms with Crippen molar-refractivity contribution in [1.29, 1.82) is 0 Å². The van der Waals surface area contributed by atoms with Crippen molar-refractivity contribution in [2.45, 2.75) is 71.1 Å². The predicted octanol–water partition coefficient (Wildman–Crippen LogP) is 4.82. The number of urea groups is 1. The van der Waals surface area contributed by atoms with Crippen molar-refractivity contribution in [2.75, 3.05) is 6.61 Å². The zero-order chi connectivity index (χ0) is 31.9. The first-order valence-electron chi connectivity index (χ1n) is 14.6. The van der Waals surface area contributed by atoms with Crippen LogP contribution in [0.4, 0.5) is 9.59 Å². The normalized spacial score (nSPS) is 13.7. The molecule has 4 N–H and O–H groups in total. The molecular formula is C33H40N4O7. The van der Waals surface area contributed by atoms with Crippen molar-refractivity contribution < 1.29 is 33.1 Å². The Labute approximate surface area is 257 Å². The third-order valence-electron chi connectivity index (χ3n) is 6.94. The number of carbonyl (C=O) groups excluding carboxylic acids is 4.